The summed E-state index contributed by atoms with van der Waals surface area (Å²) < 4.78 is 0.888. The van der Waals surface area contributed by atoms with Crippen molar-refractivity contribution < 1.29 is 0 Å². The van der Waals surface area contributed by atoms with E-state index in [1.807, 2.05) is 6.07 Å². The smallest absolute Gasteiger partial charge is 0.0931 e. The molecule has 1 rings (SSSR count). The normalized spacial score (nSPS) is 11.1. The van der Waals surface area contributed by atoms with Gasteiger partial charge in [0.25, 0.3) is 0 Å². The van der Waals surface area contributed by atoms with Gasteiger partial charge in [-0.25, -0.2) is 0 Å². The van der Waals surface area contributed by atoms with E-state index in [-0.39, 0.29) is 0 Å². The van der Waals surface area contributed by atoms with E-state index in [0.717, 1.165) is 29.8 Å². The van der Waals surface area contributed by atoms with Gasteiger partial charge in [0.05, 0.1) is 4.34 Å². The Kier molecular flexibility index (Phi) is 4.78. The van der Waals surface area contributed by atoms with Gasteiger partial charge in [-0.2, -0.15) is 0 Å². The van der Waals surface area contributed by atoms with Gasteiger partial charge in [-0.3, -0.25) is 0 Å². The molecule has 0 aliphatic carbocycles. The Hall–Kier alpha value is -0.0500. The van der Waals surface area contributed by atoms with E-state index >= 15 is 0 Å². The molecule has 0 bridgehead atoms. The maximum Gasteiger partial charge on any atom is 0.0931 e. The Morgan fingerprint density at radius 1 is 1.46 bits per heavy atom. The molecule has 0 aromatic carbocycles. The summed E-state index contributed by atoms with van der Waals surface area (Å²) >= 11 is 7.49. The molecular weight excluding hydrogens is 202 g/mol. The third-order valence-corrected chi connectivity index (χ3v) is 3.02. The van der Waals surface area contributed by atoms with E-state index in [9.17, 15) is 0 Å². The van der Waals surface area contributed by atoms with Crippen molar-refractivity contribution in [1.82, 2.24) is 5.32 Å². The van der Waals surface area contributed by atoms with Crippen molar-refractivity contribution in [2.45, 2.75) is 20.3 Å². The topological polar surface area (TPSA) is 12.0 Å². The van der Waals surface area contributed by atoms with Crippen LogP contribution in [-0.2, 0) is 6.42 Å². The first-order chi connectivity index (χ1) is 6.18. The Bertz CT molecular complexity index is 245. The Balaban J connectivity index is 2.13. The molecule has 74 valence electrons. The summed E-state index contributed by atoms with van der Waals surface area (Å²) in [5.41, 5.74) is 0. The molecule has 0 unspecified atom stereocenters. The van der Waals surface area contributed by atoms with Crippen molar-refractivity contribution in [2.24, 2.45) is 5.92 Å². The lowest BCUT2D eigenvalue weighted by Crippen LogP contribution is -2.21. The molecular formula is C10H16ClNS. The van der Waals surface area contributed by atoms with Gasteiger partial charge in [0, 0.05) is 4.88 Å². The van der Waals surface area contributed by atoms with Crippen molar-refractivity contribution in [3.63, 3.8) is 0 Å². The molecule has 0 aliphatic heterocycles. The van der Waals surface area contributed by atoms with Crippen LogP contribution in [0.15, 0.2) is 12.1 Å². The molecule has 1 N–H and O–H groups in total. The molecule has 0 amide bonds. The molecule has 1 aromatic rings. The van der Waals surface area contributed by atoms with Crippen LogP contribution in [0.3, 0.4) is 0 Å². The molecule has 0 spiro atoms. The molecule has 0 saturated carbocycles. The average molecular weight is 218 g/mol. The summed E-state index contributed by atoms with van der Waals surface area (Å²) in [6.07, 6.45) is 1.09. The predicted molar refractivity (Wildman–Crippen MR) is 60.7 cm³/mol. The third-order valence-electron chi connectivity index (χ3n) is 1.73. The molecule has 0 aliphatic rings. The molecule has 0 radical (unpaired) electrons. The minimum absolute atomic E-state index is 0.729. The molecule has 0 saturated heterocycles. The van der Waals surface area contributed by atoms with Gasteiger partial charge in [-0.1, -0.05) is 25.4 Å². The van der Waals surface area contributed by atoms with Gasteiger partial charge in [0.1, 0.15) is 0 Å². The van der Waals surface area contributed by atoms with E-state index in [1.54, 1.807) is 11.3 Å². The SMILES string of the molecule is CC(C)CNCCc1ccc(Cl)s1. The van der Waals surface area contributed by atoms with Gasteiger partial charge in [-0.15, -0.1) is 11.3 Å². The Morgan fingerprint density at radius 2 is 2.23 bits per heavy atom. The van der Waals surface area contributed by atoms with E-state index in [2.05, 4.69) is 25.2 Å². The Morgan fingerprint density at radius 3 is 2.77 bits per heavy atom. The summed E-state index contributed by atoms with van der Waals surface area (Å²) in [5.74, 6) is 0.729. The largest absolute Gasteiger partial charge is 0.316 e. The van der Waals surface area contributed by atoms with Crippen LogP contribution in [0.2, 0.25) is 4.34 Å². The second-order valence-corrected chi connectivity index (χ2v) is 5.35. The first-order valence-electron chi connectivity index (χ1n) is 4.63. The zero-order chi connectivity index (χ0) is 9.68. The Labute approximate surface area is 89.1 Å². The molecule has 1 nitrogen and oxygen atoms in total. The van der Waals surface area contributed by atoms with Crippen LogP contribution in [-0.4, -0.2) is 13.1 Å². The summed E-state index contributed by atoms with van der Waals surface area (Å²) in [5, 5.41) is 3.41. The number of rotatable bonds is 5. The predicted octanol–water partition coefficient (Wildman–Crippen LogP) is 3.19. The highest BCUT2D eigenvalue weighted by molar-refractivity contribution is 7.16. The fourth-order valence-corrected chi connectivity index (χ4v) is 2.18. The number of halogens is 1. The van der Waals surface area contributed by atoms with Crippen molar-refractivity contribution in [2.75, 3.05) is 13.1 Å². The highest BCUT2D eigenvalue weighted by Gasteiger charge is 1.97. The highest BCUT2D eigenvalue weighted by atomic mass is 35.5. The zero-order valence-corrected chi connectivity index (χ0v) is 9.71. The molecule has 1 heterocycles. The van der Waals surface area contributed by atoms with Crippen LogP contribution in [0.25, 0.3) is 0 Å². The van der Waals surface area contributed by atoms with Gasteiger partial charge >= 0.3 is 0 Å². The zero-order valence-electron chi connectivity index (χ0n) is 8.14. The van der Waals surface area contributed by atoms with Crippen LogP contribution >= 0.6 is 22.9 Å². The van der Waals surface area contributed by atoms with Gasteiger partial charge in [0.15, 0.2) is 0 Å². The average Bonchev–Trinajstić information content (AvgIpc) is 2.45. The van der Waals surface area contributed by atoms with Crippen molar-refractivity contribution in [3.8, 4) is 0 Å². The number of nitrogens with one attached hydrogen (secondary N) is 1. The standard InChI is InChI=1S/C10H16ClNS/c1-8(2)7-12-6-5-9-3-4-10(11)13-9/h3-4,8,12H,5-7H2,1-2H3. The quantitative estimate of drug-likeness (QED) is 0.748. The lowest BCUT2D eigenvalue weighted by atomic mass is 10.2. The number of hydrogen-bond donors (Lipinski definition) is 1. The third kappa shape index (κ3) is 4.65. The van der Waals surface area contributed by atoms with Gasteiger partial charge in [0.2, 0.25) is 0 Å². The van der Waals surface area contributed by atoms with E-state index in [1.165, 1.54) is 4.88 Å². The summed E-state index contributed by atoms with van der Waals surface area (Å²) in [4.78, 5) is 1.36. The lowest BCUT2D eigenvalue weighted by Gasteiger charge is -2.05. The fraction of sp³-hybridized carbons (Fsp3) is 0.600. The monoisotopic (exact) mass is 217 g/mol. The number of hydrogen-bond acceptors (Lipinski definition) is 2. The van der Waals surface area contributed by atoms with Gasteiger partial charge < -0.3 is 5.32 Å². The highest BCUT2D eigenvalue weighted by Crippen LogP contribution is 2.21. The minimum atomic E-state index is 0.729. The summed E-state index contributed by atoms with van der Waals surface area (Å²) in [6, 6.07) is 4.06. The van der Waals surface area contributed by atoms with Crippen molar-refractivity contribution in [3.05, 3.63) is 21.3 Å². The van der Waals surface area contributed by atoms with Gasteiger partial charge in [-0.05, 0) is 37.6 Å². The van der Waals surface area contributed by atoms with Crippen LogP contribution < -0.4 is 5.32 Å². The second kappa shape index (κ2) is 5.63. The molecule has 0 atom stereocenters. The lowest BCUT2D eigenvalue weighted by molar-refractivity contribution is 0.555. The second-order valence-electron chi connectivity index (χ2n) is 3.55. The van der Waals surface area contributed by atoms with Crippen molar-refractivity contribution >= 4 is 22.9 Å². The molecule has 3 heteroatoms. The molecule has 0 fully saturated rings. The van der Waals surface area contributed by atoms with Crippen LogP contribution in [0.5, 0.6) is 0 Å². The minimum Gasteiger partial charge on any atom is -0.316 e. The first-order valence-corrected chi connectivity index (χ1v) is 5.83. The summed E-state index contributed by atoms with van der Waals surface area (Å²) in [7, 11) is 0. The van der Waals surface area contributed by atoms with E-state index in [4.69, 9.17) is 11.6 Å². The van der Waals surface area contributed by atoms with E-state index in [0.29, 0.717) is 0 Å². The molecule has 1 aromatic heterocycles. The van der Waals surface area contributed by atoms with Crippen LogP contribution in [0.4, 0.5) is 0 Å². The number of thiophene rings is 1. The van der Waals surface area contributed by atoms with Crippen LogP contribution in [0, 0.1) is 5.92 Å². The van der Waals surface area contributed by atoms with E-state index < -0.39 is 0 Å². The van der Waals surface area contributed by atoms with Crippen LogP contribution in [0.1, 0.15) is 18.7 Å². The first kappa shape index (κ1) is 11.0. The van der Waals surface area contributed by atoms with Crippen molar-refractivity contribution in [1.29, 1.82) is 0 Å². The maximum absolute atomic E-state index is 5.82. The molecule has 13 heavy (non-hydrogen) atoms. The maximum atomic E-state index is 5.82. The fourth-order valence-electron chi connectivity index (χ4n) is 1.09. The summed E-state index contributed by atoms with van der Waals surface area (Å²) in [6.45, 7) is 6.58.